The summed E-state index contributed by atoms with van der Waals surface area (Å²) in [5, 5.41) is 26.9. The Kier molecular flexibility index (Phi) is 15.8. The molecule has 0 aliphatic rings. The van der Waals surface area contributed by atoms with E-state index >= 15 is 0 Å². The number of nitrogens with two attached hydrogens (primary N) is 1. The van der Waals surface area contributed by atoms with Gasteiger partial charge in [-0.1, -0.05) is 71.7 Å². The predicted molar refractivity (Wildman–Crippen MR) is 246 cm³/mol. The van der Waals surface area contributed by atoms with E-state index in [2.05, 4.69) is 25.3 Å². The van der Waals surface area contributed by atoms with Crippen LogP contribution in [0.25, 0.3) is 21.8 Å². The summed E-state index contributed by atoms with van der Waals surface area (Å²) in [5.41, 5.74) is 12.8. The van der Waals surface area contributed by atoms with Crippen molar-refractivity contribution >= 4 is 62.9 Å². The van der Waals surface area contributed by atoms with E-state index in [1.165, 1.54) is 6.20 Å². The number of fused-ring (bicyclic) bond motifs is 2. The van der Waals surface area contributed by atoms with Gasteiger partial charge in [0, 0.05) is 46.7 Å². The van der Waals surface area contributed by atoms with Crippen LogP contribution in [0.2, 0.25) is 10.0 Å². The van der Waals surface area contributed by atoms with Gasteiger partial charge in [0.2, 0.25) is 0 Å². The zero-order valence-electron chi connectivity index (χ0n) is 34.5. The highest BCUT2D eigenvalue weighted by Gasteiger charge is 2.22. The topological polar surface area (TPSA) is 166 Å². The lowest BCUT2D eigenvalue weighted by Gasteiger charge is -2.23. The van der Waals surface area contributed by atoms with Gasteiger partial charge in [0.1, 0.15) is 52.0 Å². The second-order valence-electron chi connectivity index (χ2n) is 13.8. The molecule has 11 nitrogen and oxygen atoms in total. The van der Waals surface area contributed by atoms with Crippen LogP contribution in [0, 0.1) is 27.7 Å². The minimum absolute atomic E-state index is 0.136. The average molecular weight is 858 g/mol. The summed E-state index contributed by atoms with van der Waals surface area (Å²) >= 11 is 11.7. The molecule has 0 bridgehead atoms. The molecule has 13 heteroatoms. The Morgan fingerprint density at radius 1 is 0.656 bits per heavy atom. The number of nitrogens with one attached hydrogen (secondary N) is 1. The third-order valence-corrected chi connectivity index (χ3v) is 9.85. The Balaban J connectivity index is 0.000000184. The lowest BCUT2D eigenvalue weighted by Crippen LogP contribution is -2.15. The summed E-state index contributed by atoms with van der Waals surface area (Å²) in [6, 6.07) is 31.3. The number of nitrogens with zero attached hydrogens (tertiary/aromatic N) is 4. The summed E-state index contributed by atoms with van der Waals surface area (Å²) in [5.74, 6) is 3.19. The van der Waals surface area contributed by atoms with Crippen molar-refractivity contribution in [3.8, 4) is 23.0 Å². The SMILES string of the molecule is COc1cc(C(Nc2ncc(Cl)cc2C)c2ccc3cccnc3c2O)ccc1C.COc1ccc(C=O)cc1C.Cc1cc(Cl)cnc1N.Oc1cccc2cccnc12. The number of para-hydroxylation sites is 1. The lowest BCUT2D eigenvalue weighted by atomic mass is 9.95. The highest BCUT2D eigenvalue weighted by molar-refractivity contribution is 6.30. The second kappa shape index (κ2) is 21.3. The Hall–Kier alpha value is -6.95. The van der Waals surface area contributed by atoms with Gasteiger partial charge < -0.3 is 30.7 Å². The number of ether oxygens (including phenoxy) is 2. The smallest absolute Gasteiger partial charge is 0.150 e. The quantitative estimate of drug-likeness (QED) is 0.113. The maximum absolute atomic E-state index is 11.1. The molecule has 0 aliphatic carbocycles. The number of phenolic OH excluding ortho intramolecular Hbond substituents is 2. The van der Waals surface area contributed by atoms with Gasteiger partial charge in [-0.15, -0.1) is 0 Å². The zero-order valence-corrected chi connectivity index (χ0v) is 36.0. The summed E-state index contributed by atoms with van der Waals surface area (Å²) in [6.07, 6.45) is 7.30. The number of hydrogen-bond acceptors (Lipinski definition) is 11. The van der Waals surface area contributed by atoms with Crippen molar-refractivity contribution < 1.29 is 24.5 Å². The van der Waals surface area contributed by atoms with Gasteiger partial charge in [0.15, 0.2) is 0 Å². The molecule has 0 spiro atoms. The van der Waals surface area contributed by atoms with Crippen molar-refractivity contribution in [2.75, 3.05) is 25.3 Å². The monoisotopic (exact) mass is 856 g/mol. The molecule has 0 amide bonds. The van der Waals surface area contributed by atoms with Crippen LogP contribution in [0.15, 0.2) is 128 Å². The van der Waals surface area contributed by atoms with Crippen molar-refractivity contribution in [3.63, 3.8) is 0 Å². The molecular weight excluding hydrogens is 811 g/mol. The van der Waals surface area contributed by atoms with Gasteiger partial charge >= 0.3 is 0 Å². The molecule has 5 N–H and O–H groups in total. The van der Waals surface area contributed by atoms with Crippen LogP contribution in [0.5, 0.6) is 23.0 Å². The first-order chi connectivity index (χ1) is 29.3. The van der Waals surface area contributed by atoms with Crippen molar-refractivity contribution in [2.45, 2.75) is 33.7 Å². The maximum Gasteiger partial charge on any atom is 0.150 e. The van der Waals surface area contributed by atoms with Gasteiger partial charge in [-0.05, 0) is 110 Å². The molecule has 1 unspecified atom stereocenters. The molecule has 4 heterocycles. The Morgan fingerprint density at radius 2 is 1.30 bits per heavy atom. The molecule has 61 heavy (non-hydrogen) atoms. The van der Waals surface area contributed by atoms with Gasteiger partial charge in [0.05, 0.1) is 30.3 Å². The number of aldehydes is 1. The zero-order chi connectivity index (χ0) is 44.1. The summed E-state index contributed by atoms with van der Waals surface area (Å²) in [4.78, 5) is 27.0. The third-order valence-electron chi connectivity index (χ3n) is 9.43. The number of carbonyl (C=O) groups is 1. The Bertz CT molecular complexity index is 2760. The number of hydrogen-bond donors (Lipinski definition) is 4. The Labute approximate surface area is 364 Å². The van der Waals surface area contributed by atoms with Crippen molar-refractivity contribution in [3.05, 3.63) is 177 Å². The molecule has 1 atom stereocenters. The molecule has 0 fully saturated rings. The highest BCUT2D eigenvalue weighted by atomic mass is 35.5. The molecule has 0 saturated carbocycles. The maximum atomic E-state index is 11.1. The first-order valence-corrected chi connectivity index (χ1v) is 19.7. The van der Waals surface area contributed by atoms with Gasteiger partial charge in [-0.3, -0.25) is 14.8 Å². The van der Waals surface area contributed by atoms with Crippen LogP contribution in [0.1, 0.15) is 49.8 Å². The van der Waals surface area contributed by atoms with Crippen LogP contribution in [0.3, 0.4) is 0 Å². The van der Waals surface area contributed by atoms with Crippen LogP contribution >= 0.6 is 23.2 Å². The predicted octanol–water partition coefficient (Wildman–Crippen LogP) is 11.2. The number of benzene rings is 4. The van der Waals surface area contributed by atoms with Crippen LogP contribution in [-0.4, -0.2) is 50.7 Å². The molecule has 4 aromatic carbocycles. The summed E-state index contributed by atoms with van der Waals surface area (Å²) < 4.78 is 10.6. The number of nitrogen functional groups attached to an aromatic ring is 1. The molecule has 312 valence electrons. The number of anilines is 2. The van der Waals surface area contributed by atoms with Gasteiger partial charge in [0.25, 0.3) is 0 Å². The van der Waals surface area contributed by atoms with E-state index in [-0.39, 0.29) is 17.5 Å². The first kappa shape index (κ1) is 45.1. The van der Waals surface area contributed by atoms with Crippen LogP contribution in [0.4, 0.5) is 11.6 Å². The number of rotatable bonds is 7. The fourth-order valence-corrected chi connectivity index (χ4v) is 6.60. The number of carbonyl (C=O) groups excluding carboxylic acids is 1. The third kappa shape index (κ3) is 11.8. The van der Waals surface area contributed by atoms with Crippen molar-refractivity contribution in [1.82, 2.24) is 19.9 Å². The normalized spacial score (nSPS) is 10.8. The van der Waals surface area contributed by atoms with Crippen LogP contribution < -0.4 is 20.5 Å². The molecular formula is C48H46Cl2N6O5. The second-order valence-corrected chi connectivity index (χ2v) is 14.6. The summed E-state index contributed by atoms with van der Waals surface area (Å²) in [6.45, 7) is 7.71. The van der Waals surface area contributed by atoms with E-state index in [4.69, 9.17) is 38.4 Å². The average Bonchev–Trinajstić information content (AvgIpc) is 3.26. The minimum Gasteiger partial charge on any atom is -0.506 e. The molecule has 4 aromatic heterocycles. The number of phenols is 2. The number of methoxy groups -OCH3 is 2. The molecule has 0 saturated heterocycles. The van der Waals surface area contributed by atoms with E-state index in [1.807, 2.05) is 94.4 Å². The Morgan fingerprint density at radius 3 is 1.90 bits per heavy atom. The van der Waals surface area contributed by atoms with Crippen molar-refractivity contribution in [1.29, 1.82) is 0 Å². The van der Waals surface area contributed by atoms with E-state index < -0.39 is 0 Å². The van der Waals surface area contributed by atoms with E-state index in [9.17, 15) is 15.0 Å². The molecule has 0 radical (unpaired) electrons. The van der Waals surface area contributed by atoms with Gasteiger partial charge in [-0.2, -0.15) is 0 Å². The fraction of sp³-hybridized carbons (Fsp3) is 0.146. The molecule has 8 aromatic rings. The largest absolute Gasteiger partial charge is 0.506 e. The van der Waals surface area contributed by atoms with E-state index in [1.54, 1.807) is 69.2 Å². The van der Waals surface area contributed by atoms with Gasteiger partial charge in [-0.25, -0.2) is 9.97 Å². The number of aromatic hydroxyl groups is 2. The van der Waals surface area contributed by atoms with E-state index in [0.29, 0.717) is 43.8 Å². The number of aryl methyl sites for hydroxylation is 4. The summed E-state index contributed by atoms with van der Waals surface area (Å²) in [7, 11) is 3.26. The standard InChI is InChI=1S/C24H22ClN3O2.C9H7NO.C9H10O2.C6H7ClN2/c1-14-6-7-17(12-20(14)30-3)21(28-24-15(2)11-18(25)13-27-24)19-9-8-16-5-4-10-26-22(16)23(19)29;11-8-5-1-3-7-4-2-6-10-9(7)8;1-7-5-8(6-10)3-4-9(7)11-2;1-4-2-5(7)3-9-6(4)8/h4-13,21,29H,1-3H3,(H,27,28);1-6,11H;3-6H,1-2H3;2-3H,1H3,(H2,8,9). The van der Waals surface area contributed by atoms with Crippen LogP contribution in [-0.2, 0) is 0 Å². The lowest BCUT2D eigenvalue weighted by molar-refractivity contribution is 0.112. The highest BCUT2D eigenvalue weighted by Crippen LogP contribution is 2.38. The number of aromatic nitrogens is 4. The fourth-order valence-electron chi connectivity index (χ4n) is 6.18. The number of halogens is 2. The molecule has 8 rings (SSSR count). The number of pyridine rings is 4. The first-order valence-electron chi connectivity index (χ1n) is 18.9. The minimum atomic E-state index is -0.377. The van der Waals surface area contributed by atoms with Crippen molar-refractivity contribution in [2.24, 2.45) is 0 Å². The van der Waals surface area contributed by atoms with E-state index in [0.717, 1.165) is 56.4 Å². The molecule has 0 aliphatic heterocycles.